The highest BCUT2D eigenvalue weighted by Gasteiger charge is 2.28. The van der Waals surface area contributed by atoms with Crippen LogP contribution in [0.1, 0.15) is 12.5 Å². The van der Waals surface area contributed by atoms with Gasteiger partial charge in [0, 0.05) is 25.3 Å². The SMILES string of the molecule is CCN(CCOC(F)(F)F)c1ccc(CN)cc1. The molecule has 0 atom stereocenters. The molecule has 1 aromatic rings. The third-order valence-corrected chi connectivity index (χ3v) is 2.55. The minimum absolute atomic E-state index is 0.192. The molecule has 0 aliphatic rings. The molecule has 0 saturated carbocycles. The highest BCUT2D eigenvalue weighted by molar-refractivity contribution is 5.47. The fourth-order valence-corrected chi connectivity index (χ4v) is 1.58. The van der Waals surface area contributed by atoms with Crippen LogP contribution in [0.2, 0.25) is 0 Å². The lowest BCUT2D eigenvalue weighted by atomic mass is 10.2. The number of alkyl halides is 3. The van der Waals surface area contributed by atoms with Crippen LogP contribution in [0.4, 0.5) is 18.9 Å². The van der Waals surface area contributed by atoms with Gasteiger partial charge in [-0.15, -0.1) is 13.2 Å². The van der Waals surface area contributed by atoms with Gasteiger partial charge in [-0.2, -0.15) is 0 Å². The van der Waals surface area contributed by atoms with Gasteiger partial charge in [0.05, 0.1) is 6.61 Å². The lowest BCUT2D eigenvalue weighted by Gasteiger charge is -2.23. The van der Waals surface area contributed by atoms with Gasteiger partial charge in [0.2, 0.25) is 0 Å². The van der Waals surface area contributed by atoms with Gasteiger partial charge >= 0.3 is 6.36 Å². The Hall–Kier alpha value is -1.27. The molecule has 0 aliphatic carbocycles. The van der Waals surface area contributed by atoms with E-state index in [4.69, 9.17) is 5.73 Å². The summed E-state index contributed by atoms with van der Waals surface area (Å²) in [5.41, 5.74) is 7.33. The summed E-state index contributed by atoms with van der Waals surface area (Å²) in [6.45, 7) is 2.76. The second-order valence-electron chi connectivity index (χ2n) is 3.74. The quantitative estimate of drug-likeness (QED) is 0.856. The van der Waals surface area contributed by atoms with Crippen molar-refractivity contribution in [3.63, 3.8) is 0 Å². The van der Waals surface area contributed by atoms with Crippen LogP contribution in [0.25, 0.3) is 0 Å². The highest BCUT2D eigenvalue weighted by atomic mass is 19.4. The van der Waals surface area contributed by atoms with Crippen molar-refractivity contribution in [2.24, 2.45) is 5.73 Å². The first-order valence-electron chi connectivity index (χ1n) is 5.71. The molecule has 0 bridgehead atoms. The van der Waals surface area contributed by atoms with Gasteiger partial charge in [-0.25, -0.2) is 0 Å². The zero-order valence-corrected chi connectivity index (χ0v) is 10.2. The maximum Gasteiger partial charge on any atom is 0.522 e. The van der Waals surface area contributed by atoms with E-state index in [0.717, 1.165) is 11.3 Å². The summed E-state index contributed by atoms with van der Waals surface area (Å²) in [7, 11) is 0. The van der Waals surface area contributed by atoms with Gasteiger partial charge in [0.25, 0.3) is 0 Å². The number of hydrogen-bond acceptors (Lipinski definition) is 3. The van der Waals surface area contributed by atoms with Gasteiger partial charge < -0.3 is 10.6 Å². The average Bonchev–Trinajstić information content (AvgIpc) is 2.34. The molecule has 3 nitrogen and oxygen atoms in total. The van der Waals surface area contributed by atoms with Crippen LogP contribution in [0, 0.1) is 0 Å². The number of rotatable bonds is 6. The van der Waals surface area contributed by atoms with E-state index >= 15 is 0 Å². The zero-order chi connectivity index (χ0) is 13.6. The maximum absolute atomic E-state index is 11.9. The summed E-state index contributed by atoms with van der Waals surface area (Å²) in [6.07, 6.45) is -4.57. The standard InChI is InChI=1S/C12H17F3N2O/c1-2-17(7-8-18-12(13,14)15)11-5-3-10(9-16)4-6-11/h3-6H,2,7-9,16H2,1H3. The first kappa shape index (κ1) is 14.8. The van der Waals surface area contributed by atoms with E-state index in [9.17, 15) is 13.2 Å². The average molecular weight is 262 g/mol. The van der Waals surface area contributed by atoms with Gasteiger partial charge in [0.15, 0.2) is 0 Å². The topological polar surface area (TPSA) is 38.5 Å². The Morgan fingerprint density at radius 2 is 1.83 bits per heavy atom. The minimum atomic E-state index is -4.57. The summed E-state index contributed by atoms with van der Waals surface area (Å²) in [5, 5.41) is 0. The van der Waals surface area contributed by atoms with Crippen LogP contribution >= 0.6 is 0 Å². The van der Waals surface area contributed by atoms with Crippen LogP contribution in [-0.4, -0.2) is 26.1 Å². The maximum atomic E-state index is 11.9. The molecule has 0 amide bonds. The van der Waals surface area contributed by atoms with Crippen molar-refractivity contribution in [1.29, 1.82) is 0 Å². The predicted octanol–water partition coefficient (Wildman–Crippen LogP) is 2.51. The van der Waals surface area contributed by atoms with Crippen molar-refractivity contribution >= 4 is 5.69 Å². The Bertz CT molecular complexity index is 351. The number of halogens is 3. The van der Waals surface area contributed by atoms with Crippen molar-refractivity contribution < 1.29 is 17.9 Å². The van der Waals surface area contributed by atoms with Crippen molar-refractivity contribution in [3.8, 4) is 0 Å². The largest absolute Gasteiger partial charge is 0.522 e. The van der Waals surface area contributed by atoms with Crippen molar-refractivity contribution in [2.75, 3.05) is 24.6 Å². The molecule has 0 aliphatic heterocycles. The van der Waals surface area contributed by atoms with Crippen molar-refractivity contribution in [1.82, 2.24) is 0 Å². The van der Waals surface area contributed by atoms with Gasteiger partial charge in [-0.1, -0.05) is 12.1 Å². The van der Waals surface area contributed by atoms with E-state index in [-0.39, 0.29) is 13.2 Å². The van der Waals surface area contributed by atoms with Crippen molar-refractivity contribution in [2.45, 2.75) is 19.8 Å². The summed E-state index contributed by atoms with van der Waals surface area (Å²) in [4.78, 5) is 1.81. The summed E-state index contributed by atoms with van der Waals surface area (Å²) < 4.78 is 39.3. The number of likely N-dealkylation sites (N-methyl/N-ethyl adjacent to an activating group) is 1. The number of nitrogens with zero attached hydrogens (tertiary/aromatic N) is 1. The summed E-state index contributed by atoms with van der Waals surface area (Å²) in [6, 6.07) is 7.42. The van der Waals surface area contributed by atoms with Gasteiger partial charge in [-0.05, 0) is 24.6 Å². The molecule has 1 aromatic carbocycles. The number of hydrogen-bond donors (Lipinski definition) is 1. The second kappa shape index (κ2) is 6.61. The van der Waals surface area contributed by atoms with Crippen LogP contribution in [0.15, 0.2) is 24.3 Å². The van der Waals surface area contributed by atoms with E-state index in [1.54, 1.807) is 0 Å². The molecule has 2 N–H and O–H groups in total. The third kappa shape index (κ3) is 4.93. The third-order valence-electron chi connectivity index (χ3n) is 2.55. The monoisotopic (exact) mass is 262 g/mol. The lowest BCUT2D eigenvalue weighted by Crippen LogP contribution is -2.29. The van der Waals surface area contributed by atoms with E-state index < -0.39 is 6.36 Å². The molecule has 102 valence electrons. The Morgan fingerprint density at radius 3 is 2.28 bits per heavy atom. The molecule has 0 radical (unpaired) electrons. The van der Waals surface area contributed by atoms with Crippen molar-refractivity contribution in [3.05, 3.63) is 29.8 Å². The second-order valence-corrected chi connectivity index (χ2v) is 3.74. The number of anilines is 1. The number of benzene rings is 1. The highest BCUT2D eigenvalue weighted by Crippen LogP contribution is 2.18. The number of ether oxygens (including phenoxy) is 1. The molecular formula is C12H17F3N2O. The molecular weight excluding hydrogens is 245 g/mol. The predicted molar refractivity (Wildman–Crippen MR) is 64.2 cm³/mol. The summed E-state index contributed by atoms with van der Waals surface area (Å²) in [5.74, 6) is 0. The van der Waals surface area contributed by atoms with Crippen LogP contribution in [-0.2, 0) is 11.3 Å². The minimum Gasteiger partial charge on any atom is -0.369 e. The molecule has 18 heavy (non-hydrogen) atoms. The Kier molecular flexibility index (Phi) is 5.43. The Balaban J connectivity index is 2.54. The Morgan fingerprint density at radius 1 is 1.22 bits per heavy atom. The zero-order valence-electron chi connectivity index (χ0n) is 10.2. The first-order valence-corrected chi connectivity index (χ1v) is 5.71. The molecule has 0 aromatic heterocycles. The molecule has 0 fully saturated rings. The van der Waals surface area contributed by atoms with Crippen LogP contribution in [0.5, 0.6) is 0 Å². The van der Waals surface area contributed by atoms with E-state index in [1.807, 2.05) is 36.1 Å². The normalized spacial score (nSPS) is 11.6. The molecule has 1 rings (SSSR count). The molecule has 6 heteroatoms. The van der Waals surface area contributed by atoms with E-state index in [1.165, 1.54) is 0 Å². The molecule has 0 spiro atoms. The van der Waals surface area contributed by atoms with Gasteiger partial charge in [0.1, 0.15) is 0 Å². The first-order chi connectivity index (χ1) is 8.46. The lowest BCUT2D eigenvalue weighted by molar-refractivity contribution is -0.323. The smallest absolute Gasteiger partial charge is 0.369 e. The fraction of sp³-hybridized carbons (Fsp3) is 0.500. The number of nitrogens with two attached hydrogens (primary N) is 1. The summed E-state index contributed by atoms with van der Waals surface area (Å²) >= 11 is 0. The fourth-order valence-electron chi connectivity index (χ4n) is 1.58. The van der Waals surface area contributed by atoms with Gasteiger partial charge in [-0.3, -0.25) is 4.74 Å². The van der Waals surface area contributed by atoms with Crippen LogP contribution < -0.4 is 10.6 Å². The molecule has 0 unspecified atom stereocenters. The van der Waals surface area contributed by atoms with E-state index in [0.29, 0.717) is 13.1 Å². The Labute approximate surface area is 104 Å². The molecule has 0 saturated heterocycles. The van der Waals surface area contributed by atoms with Crippen LogP contribution in [0.3, 0.4) is 0 Å². The molecule has 0 heterocycles. The van der Waals surface area contributed by atoms with E-state index in [2.05, 4.69) is 4.74 Å².